The van der Waals surface area contributed by atoms with Gasteiger partial charge in [-0.25, -0.2) is 0 Å². The van der Waals surface area contributed by atoms with E-state index in [1.807, 2.05) is 11.9 Å². The third kappa shape index (κ3) is 3.05. The third-order valence-electron chi connectivity index (χ3n) is 3.19. The fourth-order valence-corrected chi connectivity index (χ4v) is 2.01. The summed E-state index contributed by atoms with van der Waals surface area (Å²) in [5.74, 6) is 0.618. The molecule has 0 aromatic rings. The quantitative estimate of drug-likeness (QED) is 0.553. The van der Waals surface area contributed by atoms with Gasteiger partial charge in [0.05, 0.1) is 0 Å². The maximum atomic E-state index is 11.2. The maximum Gasteiger partial charge on any atom is 0.219 e. The monoisotopic (exact) mass is 224 g/mol. The van der Waals surface area contributed by atoms with Crippen LogP contribution in [-0.4, -0.2) is 53.9 Å². The smallest absolute Gasteiger partial charge is 0.219 e. The Morgan fingerprint density at radius 1 is 1.50 bits per heavy atom. The summed E-state index contributed by atoms with van der Waals surface area (Å²) in [6.45, 7) is 3.22. The summed E-state index contributed by atoms with van der Waals surface area (Å²) in [5.41, 5.74) is 0. The molecule has 0 spiro atoms. The summed E-state index contributed by atoms with van der Waals surface area (Å²) in [4.78, 5) is 15.0. The predicted octanol–water partition coefficient (Wildman–Crippen LogP) is 0.946. The number of amides is 1. The standard InChI is InChI=1S/C11H20N4O/c1-9(16)14(2)10-4-7-15(8-5-10)11(13)3-6-12/h6,10,12-13H,3-5,7-8H2,1-2H3. The largest absolute Gasteiger partial charge is 0.360 e. The van der Waals surface area contributed by atoms with Crippen molar-refractivity contribution in [2.24, 2.45) is 0 Å². The molecule has 0 atom stereocenters. The Morgan fingerprint density at radius 3 is 2.50 bits per heavy atom. The number of hydrogen-bond acceptors (Lipinski definition) is 3. The molecule has 0 radical (unpaired) electrons. The van der Waals surface area contributed by atoms with E-state index in [0.717, 1.165) is 25.9 Å². The zero-order chi connectivity index (χ0) is 12.1. The fourth-order valence-electron chi connectivity index (χ4n) is 2.01. The van der Waals surface area contributed by atoms with Gasteiger partial charge in [-0.2, -0.15) is 0 Å². The highest BCUT2D eigenvalue weighted by Crippen LogP contribution is 2.16. The molecule has 0 unspecified atom stereocenters. The molecule has 5 nitrogen and oxygen atoms in total. The molecule has 90 valence electrons. The highest BCUT2D eigenvalue weighted by molar-refractivity contribution is 5.90. The number of likely N-dealkylation sites (tertiary alicyclic amines) is 1. The lowest BCUT2D eigenvalue weighted by Gasteiger charge is -2.37. The number of nitrogens with one attached hydrogen (secondary N) is 2. The normalized spacial score (nSPS) is 17.0. The molecule has 1 rings (SSSR count). The Kier molecular flexibility index (Phi) is 4.46. The van der Waals surface area contributed by atoms with Crippen LogP contribution in [0.25, 0.3) is 0 Å². The van der Waals surface area contributed by atoms with Gasteiger partial charge in [0.25, 0.3) is 0 Å². The van der Waals surface area contributed by atoms with Crippen molar-refractivity contribution in [2.45, 2.75) is 32.2 Å². The van der Waals surface area contributed by atoms with Crippen molar-refractivity contribution < 1.29 is 4.79 Å². The van der Waals surface area contributed by atoms with Crippen molar-refractivity contribution >= 4 is 18.0 Å². The minimum absolute atomic E-state index is 0.105. The molecule has 2 N–H and O–H groups in total. The van der Waals surface area contributed by atoms with Crippen molar-refractivity contribution in [1.29, 1.82) is 10.8 Å². The zero-order valence-electron chi connectivity index (χ0n) is 9.99. The average Bonchev–Trinajstić information content (AvgIpc) is 2.28. The van der Waals surface area contributed by atoms with E-state index in [2.05, 4.69) is 0 Å². The van der Waals surface area contributed by atoms with Crippen LogP contribution in [0.3, 0.4) is 0 Å². The van der Waals surface area contributed by atoms with Crippen molar-refractivity contribution in [3.63, 3.8) is 0 Å². The topological polar surface area (TPSA) is 71.2 Å². The molecular weight excluding hydrogens is 204 g/mol. The molecule has 0 saturated carbocycles. The molecule has 1 heterocycles. The number of carbonyl (C=O) groups is 1. The second-order valence-electron chi connectivity index (χ2n) is 4.20. The van der Waals surface area contributed by atoms with E-state index in [1.165, 1.54) is 6.21 Å². The highest BCUT2D eigenvalue weighted by Gasteiger charge is 2.24. The number of piperidine rings is 1. The first-order chi connectivity index (χ1) is 7.56. The van der Waals surface area contributed by atoms with Crippen LogP contribution in [0, 0.1) is 10.8 Å². The van der Waals surface area contributed by atoms with Crippen molar-refractivity contribution in [3.8, 4) is 0 Å². The third-order valence-corrected chi connectivity index (χ3v) is 3.19. The van der Waals surface area contributed by atoms with Gasteiger partial charge in [-0.3, -0.25) is 10.2 Å². The fraction of sp³-hybridized carbons (Fsp3) is 0.727. The van der Waals surface area contributed by atoms with E-state index in [9.17, 15) is 4.79 Å². The molecule has 1 aliphatic heterocycles. The zero-order valence-corrected chi connectivity index (χ0v) is 9.99. The second kappa shape index (κ2) is 5.63. The Labute approximate surface area is 96.4 Å². The second-order valence-corrected chi connectivity index (χ2v) is 4.20. The van der Waals surface area contributed by atoms with Gasteiger partial charge < -0.3 is 15.2 Å². The molecule has 0 aromatic heterocycles. The van der Waals surface area contributed by atoms with Gasteiger partial charge in [0.2, 0.25) is 5.91 Å². The lowest BCUT2D eigenvalue weighted by Crippen LogP contribution is -2.46. The minimum Gasteiger partial charge on any atom is -0.360 e. The van der Waals surface area contributed by atoms with E-state index < -0.39 is 0 Å². The molecule has 5 heteroatoms. The van der Waals surface area contributed by atoms with E-state index in [0.29, 0.717) is 18.3 Å². The number of rotatable bonds is 3. The molecule has 1 amide bonds. The molecule has 0 bridgehead atoms. The predicted molar refractivity (Wildman–Crippen MR) is 64.2 cm³/mol. The Bertz CT molecular complexity index is 282. The van der Waals surface area contributed by atoms with Gasteiger partial charge >= 0.3 is 0 Å². The Morgan fingerprint density at radius 2 is 2.06 bits per heavy atom. The first-order valence-electron chi connectivity index (χ1n) is 5.61. The molecule has 0 aliphatic carbocycles. The average molecular weight is 224 g/mol. The molecule has 16 heavy (non-hydrogen) atoms. The van der Waals surface area contributed by atoms with Gasteiger partial charge in [-0.15, -0.1) is 0 Å². The van der Waals surface area contributed by atoms with E-state index in [4.69, 9.17) is 10.8 Å². The molecule has 1 saturated heterocycles. The van der Waals surface area contributed by atoms with Gasteiger partial charge in [0.15, 0.2) is 0 Å². The first kappa shape index (κ1) is 12.7. The van der Waals surface area contributed by atoms with Crippen LogP contribution in [0.5, 0.6) is 0 Å². The molecule has 1 fully saturated rings. The minimum atomic E-state index is 0.105. The molecule has 0 aromatic carbocycles. The van der Waals surface area contributed by atoms with Gasteiger partial charge in [0.1, 0.15) is 5.84 Å². The van der Waals surface area contributed by atoms with Gasteiger partial charge in [-0.1, -0.05) is 0 Å². The van der Waals surface area contributed by atoms with Gasteiger partial charge in [0, 0.05) is 45.7 Å². The van der Waals surface area contributed by atoms with Crippen LogP contribution in [-0.2, 0) is 4.79 Å². The molecular formula is C11H20N4O. The summed E-state index contributed by atoms with van der Waals surface area (Å²) >= 11 is 0. The van der Waals surface area contributed by atoms with Crippen LogP contribution in [0.1, 0.15) is 26.2 Å². The van der Waals surface area contributed by atoms with Gasteiger partial charge in [-0.05, 0) is 12.8 Å². The molecule has 1 aliphatic rings. The van der Waals surface area contributed by atoms with E-state index in [-0.39, 0.29) is 5.91 Å². The lowest BCUT2D eigenvalue weighted by atomic mass is 10.0. The highest BCUT2D eigenvalue weighted by atomic mass is 16.2. The van der Waals surface area contributed by atoms with Crippen LogP contribution in [0.2, 0.25) is 0 Å². The maximum absolute atomic E-state index is 11.2. The van der Waals surface area contributed by atoms with Crippen LogP contribution >= 0.6 is 0 Å². The first-order valence-corrected chi connectivity index (χ1v) is 5.61. The summed E-state index contributed by atoms with van der Waals surface area (Å²) in [6, 6.07) is 0.307. The van der Waals surface area contributed by atoms with Crippen molar-refractivity contribution in [3.05, 3.63) is 0 Å². The number of carbonyl (C=O) groups excluding carboxylic acids is 1. The SMILES string of the molecule is CC(=O)N(C)C1CCN(C(=N)CC=N)CC1. The number of nitrogens with zero attached hydrogens (tertiary/aromatic N) is 2. The number of amidine groups is 1. The van der Waals surface area contributed by atoms with Crippen LogP contribution in [0.15, 0.2) is 0 Å². The summed E-state index contributed by atoms with van der Waals surface area (Å²) in [5, 5.41) is 14.7. The number of hydrogen-bond donors (Lipinski definition) is 2. The van der Waals surface area contributed by atoms with Crippen molar-refractivity contribution in [1.82, 2.24) is 9.80 Å². The van der Waals surface area contributed by atoms with E-state index in [1.54, 1.807) is 11.8 Å². The Hall–Kier alpha value is -1.39. The van der Waals surface area contributed by atoms with Crippen LogP contribution < -0.4 is 0 Å². The Balaban J connectivity index is 2.42. The summed E-state index contributed by atoms with van der Waals surface area (Å²) in [6.07, 6.45) is 3.50. The lowest BCUT2D eigenvalue weighted by molar-refractivity contribution is -0.130. The van der Waals surface area contributed by atoms with Crippen molar-refractivity contribution in [2.75, 3.05) is 20.1 Å². The summed E-state index contributed by atoms with van der Waals surface area (Å²) < 4.78 is 0. The van der Waals surface area contributed by atoms with E-state index >= 15 is 0 Å². The van der Waals surface area contributed by atoms with Crippen LogP contribution in [0.4, 0.5) is 0 Å². The summed E-state index contributed by atoms with van der Waals surface area (Å²) in [7, 11) is 1.84.